The van der Waals surface area contributed by atoms with Crippen LogP contribution in [0.3, 0.4) is 0 Å². The van der Waals surface area contributed by atoms with Crippen molar-refractivity contribution in [1.82, 2.24) is 0 Å². The molecule has 0 aliphatic rings. The highest BCUT2D eigenvalue weighted by molar-refractivity contribution is 6.18. The number of carbonyl (C=O) groups excluding carboxylic acids is 1. The van der Waals surface area contributed by atoms with Crippen molar-refractivity contribution in [2.75, 3.05) is 13.0 Å². The van der Waals surface area contributed by atoms with Gasteiger partial charge in [0.1, 0.15) is 11.9 Å². The highest BCUT2D eigenvalue weighted by atomic mass is 35.5. The van der Waals surface area contributed by atoms with Crippen LogP contribution < -0.4 is 4.74 Å². The number of esters is 1. The molecule has 0 heterocycles. The fraction of sp³-hybridized carbons (Fsp3) is 0.308. The molecule has 0 unspecified atom stereocenters. The molecule has 1 aromatic rings. The summed E-state index contributed by atoms with van der Waals surface area (Å²) in [7, 11) is 1.62. The van der Waals surface area contributed by atoms with E-state index in [2.05, 4.69) is 0 Å². The number of alkyl halides is 1. The monoisotopic (exact) mass is 254 g/mol. The van der Waals surface area contributed by atoms with Crippen molar-refractivity contribution >= 4 is 23.6 Å². The van der Waals surface area contributed by atoms with Crippen LogP contribution in [0.5, 0.6) is 5.75 Å². The summed E-state index contributed by atoms with van der Waals surface area (Å²) >= 11 is 5.68. The summed E-state index contributed by atoms with van der Waals surface area (Å²) in [5, 5.41) is 0. The van der Waals surface area contributed by atoms with Gasteiger partial charge in [-0.15, -0.1) is 11.6 Å². The van der Waals surface area contributed by atoms with Gasteiger partial charge in [0.2, 0.25) is 0 Å². The van der Waals surface area contributed by atoms with E-state index in [1.54, 1.807) is 13.2 Å². The summed E-state index contributed by atoms with van der Waals surface area (Å²) in [5.41, 5.74) is 0.994. The average molecular weight is 255 g/mol. The Morgan fingerprint density at radius 2 is 2.06 bits per heavy atom. The van der Waals surface area contributed by atoms with E-state index < -0.39 is 6.10 Å². The quantitative estimate of drug-likeness (QED) is 0.599. The molecule has 0 bridgehead atoms. The van der Waals surface area contributed by atoms with E-state index in [0.29, 0.717) is 0 Å². The maximum atomic E-state index is 10.8. The zero-order valence-electron chi connectivity index (χ0n) is 9.85. The largest absolute Gasteiger partial charge is 0.497 e. The molecule has 0 spiro atoms. The van der Waals surface area contributed by atoms with E-state index in [9.17, 15) is 4.79 Å². The van der Waals surface area contributed by atoms with Crippen molar-refractivity contribution in [2.24, 2.45) is 0 Å². The molecule has 0 N–H and O–H groups in total. The molecule has 3 nitrogen and oxygen atoms in total. The second-order valence-electron chi connectivity index (χ2n) is 3.43. The van der Waals surface area contributed by atoms with Crippen LogP contribution in [-0.2, 0) is 9.53 Å². The van der Waals surface area contributed by atoms with Gasteiger partial charge in [-0.1, -0.05) is 18.2 Å². The fourth-order valence-corrected chi connectivity index (χ4v) is 1.43. The summed E-state index contributed by atoms with van der Waals surface area (Å²) in [4.78, 5) is 10.8. The molecular weight excluding hydrogens is 240 g/mol. The minimum Gasteiger partial charge on any atom is -0.497 e. The summed E-state index contributed by atoms with van der Waals surface area (Å²) in [6, 6.07) is 7.55. The second-order valence-corrected chi connectivity index (χ2v) is 3.74. The third-order valence-electron chi connectivity index (χ3n) is 2.09. The third kappa shape index (κ3) is 4.91. The summed E-state index contributed by atoms with van der Waals surface area (Å²) < 4.78 is 10.0. The van der Waals surface area contributed by atoms with E-state index >= 15 is 0 Å². The predicted molar refractivity (Wildman–Crippen MR) is 68.3 cm³/mol. The first-order valence-corrected chi connectivity index (χ1v) is 5.74. The molecule has 1 aromatic carbocycles. The van der Waals surface area contributed by atoms with Crippen LogP contribution in [0.4, 0.5) is 0 Å². The first-order valence-electron chi connectivity index (χ1n) is 5.21. The zero-order chi connectivity index (χ0) is 12.7. The Bertz CT molecular complexity index is 384. The number of halogens is 1. The van der Waals surface area contributed by atoms with Crippen molar-refractivity contribution in [2.45, 2.75) is 13.0 Å². The molecule has 1 rings (SSSR count). The Morgan fingerprint density at radius 3 is 2.53 bits per heavy atom. The predicted octanol–water partition coefficient (Wildman–Crippen LogP) is 2.88. The van der Waals surface area contributed by atoms with Gasteiger partial charge in [-0.05, 0) is 23.8 Å². The van der Waals surface area contributed by atoms with Crippen LogP contribution >= 0.6 is 11.6 Å². The van der Waals surface area contributed by atoms with Crippen LogP contribution in [0, 0.1) is 0 Å². The van der Waals surface area contributed by atoms with Crippen molar-refractivity contribution in [1.29, 1.82) is 0 Å². The van der Waals surface area contributed by atoms with Gasteiger partial charge in [0, 0.05) is 6.92 Å². The molecule has 92 valence electrons. The number of carbonyl (C=O) groups is 1. The molecule has 0 radical (unpaired) electrons. The molecule has 0 fully saturated rings. The summed E-state index contributed by atoms with van der Waals surface area (Å²) in [6.45, 7) is 1.36. The molecule has 0 saturated carbocycles. The SMILES string of the molecule is COc1ccc(/C=C/[C@@H](CCl)OC(C)=O)cc1. The molecule has 0 saturated heterocycles. The minimum absolute atomic E-state index is 0.242. The highest BCUT2D eigenvalue weighted by Crippen LogP contribution is 2.13. The van der Waals surface area contributed by atoms with Crippen molar-refractivity contribution in [3.63, 3.8) is 0 Å². The Morgan fingerprint density at radius 1 is 1.41 bits per heavy atom. The van der Waals surface area contributed by atoms with Gasteiger partial charge < -0.3 is 9.47 Å². The van der Waals surface area contributed by atoms with Crippen molar-refractivity contribution in [3.8, 4) is 5.75 Å². The summed E-state index contributed by atoms with van der Waals surface area (Å²) in [6.07, 6.45) is 3.22. The Hall–Kier alpha value is -1.48. The normalized spacial score (nSPS) is 12.4. The second kappa shape index (κ2) is 6.97. The first-order chi connectivity index (χ1) is 8.15. The molecule has 1 atom stereocenters. The Labute approximate surface area is 106 Å². The van der Waals surface area contributed by atoms with Gasteiger partial charge in [0.15, 0.2) is 0 Å². The van der Waals surface area contributed by atoms with Gasteiger partial charge >= 0.3 is 5.97 Å². The summed E-state index contributed by atoms with van der Waals surface area (Å²) in [5.74, 6) is 0.706. The fourth-order valence-electron chi connectivity index (χ4n) is 1.27. The maximum Gasteiger partial charge on any atom is 0.303 e. The van der Waals surface area contributed by atoms with E-state index in [0.717, 1.165) is 11.3 Å². The lowest BCUT2D eigenvalue weighted by molar-refractivity contribution is -0.143. The molecule has 17 heavy (non-hydrogen) atoms. The molecule has 0 aromatic heterocycles. The number of rotatable bonds is 5. The lowest BCUT2D eigenvalue weighted by Crippen LogP contribution is -2.14. The smallest absolute Gasteiger partial charge is 0.303 e. The van der Waals surface area contributed by atoms with Gasteiger partial charge in [-0.25, -0.2) is 0 Å². The molecule has 4 heteroatoms. The standard InChI is InChI=1S/C13H15ClO3/c1-10(15)17-13(9-14)8-5-11-3-6-12(16-2)7-4-11/h3-8,13H,9H2,1-2H3/b8-5+/t13-/m0/s1. The lowest BCUT2D eigenvalue weighted by Gasteiger charge is -2.08. The maximum absolute atomic E-state index is 10.8. The number of ether oxygens (including phenoxy) is 2. The molecule has 0 amide bonds. The highest BCUT2D eigenvalue weighted by Gasteiger charge is 2.05. The van der Waals surface area contributed by atoms with Gasteiger partial charge in [0.05, 0.1) is 13.0 Å². The van der Waals surface area contributed by atoms with Gasteiger partial charge in [0.25, 0.3) is 0 Å². The van der Waals surface area contributed by atoms with Gasteiger partial charge in [-0.3, -0.25) is 4.79 Å². The van der Waals surface area contributed by atoms with Crippen LogP contribution in [-0.4, -0.2) is 25.1 Å². The van der Waals surface area contributed by atoms with E-state index in [4.69, 9.17) is 21.1 Å². The molecular formula is C13H15ClO3. The van der Waals surface area contributed by atoms with E-state index in [-0.39, 0.29) is 11.8 Å². The third-order valence-corrected chi connectivity index (χ3v) is 2.39. The molecule has 0 aliphatic carbocycles. The van der Waals surface area contributed by atoms with Crippen LogP contribution in [0.1, 0.15) is 12.5 Å². The van der Waals surface area contributed by atoms with E-state index in [1.165, 1.54) is 6.92 Å². The number of methoxy groups -OCH3 is 1. The lowest BCUT2D eigenvalue weighted by atomic mass is 10.2. The van der Waals surface area contributed by atoms with Crippen molar-refractivity contribution < 1.29 is 14.3 Å². The Balaban J connectivity index is 2.64. The number of hydrogen-bond acceptors (Lipinski definition) is 3. The zero-order valence-corrected chi connectivity index (χ0v) is 10.6. The van der Waals surface area contributed by atoms with Gasteiger partial charge in [-0.2, -0.15) is 0 Å². The number of hydrogen-bond donors (Lipinski definition) is 0. The molecule has 0 aliphatic heterocycles. The van der Waals surface area contributed by atoms with Crippen LogP contribution in [0.15, 0.2) is 30.3 Å². The van der Waals surface area contributed by atoms with Crippen LogP contribution in [0.2, 0.25) is 0 Å². The topological polar surface area (TPSA) is 35.5 Å². The Kier molecular flexibility index (Phi) is 5.57. The van der Waals surface area contributed by atoms with Crippen LogP contribution in [0.25, 0.3) is 6.08 Å². The van der Waals surface area contributed by atoms with Crippen molar-refractivity contribution in [3.05, 3.63) is 35.9 Å². The first kappa shape index (κ1) is 13.6. The van der Waals surface area contributed by atoms with E-state index in [1.807, 2.05) is 30.3 Å². The number of benzene rings is 1. The average Bonchev–Trinajstić information content (AvgIpc) is 2.34. The minimum atomic E-state index is -0.392.